The van der Waals surface area contributed by atoms with E-state index in [1.807, 2.05) is 43.3 Å². The number of amides is 2. The van der Waals surface area contributed by atoms with Crippen LogP contribution in [0.1, 0.15) is 44.6 Å². The SMILES string of the molecule is CCCN1C(=O)[C@H]2[C@H](CC=C3[C@H](c4ccc(O)c5ccccc45)C4=C(C[C@H]32)C(=O)C(C)=CC4=O)C1=O. The minimum atomic E-state index is -0.530. The molecule has 0 spiro atoms. The molecule has 2 aromatic carbocycles. The quantitative estimate of drug-likeness (QED) is 0.399. The Morgan fingerprint density at radius 1 is 0.972 bits per heavy atom. The van der Waals surface area contributed by atoms with E-state index in [4.69, 9.17) is 0 Å². The maximum Gasteiger partial charge on any atom is 0.233 e. The van der Waals surface area contributed by atoms with Crippen LogP contribution in [-0.2, 0) is 19.2 Å². The minimum Gasteiger partial charge on any atom is -0.507 e. The number of hydrogen-bond acceptors (Lipinski definition) is 5. The molecule has 6 rings (SSSR count). The number of benzene rings is 2. The summed E-state index contributed by atoms with van der Waals surface area (Å²) in [6, 6.07) is 10.9. The number of carbonyl (C=O) groups excluding carboxylic acids is 4. The van der Waals surface area contributed by atoms with Crippen LogP contribution < -0.4 is 0 Å². The number of allylic oxidation sites excluding steroid dienone is 6. The Balaban J connectivity index is 1.58. The number of phenols is 1. The standard InChI is InChI=1S/C30H27NO5/c1-3-12-31-29(35)20-9-8-19-21(26(20)30(31)36)14-22-27(24(33)13-15(2)28(22)34)25(19)18-10-11-23(32)17-7-5-4-6-16(17)18/h4-8,10-11,13,20-21,25-26,32H,3,9,12,14H2,1-2H3/t20-,21+,25-,26-/m0/s1. The zero-order valence-corrected chi connectivity index (χ0v) is 20.3. The third-order valence-corrected chi connectivity index (χ3v) is 8.35. The molecule has 1 aliphatic heterocycles. The number of rotatable bonds is 3. The van der Waals surface area contributed by atoms with Crippen LogP contribution in [0.15, 0.2) is 70.8 Å². The van der Waals surface area contributed by atoms with Crippen molar-refractivity contribution in [2.24, 2.45) is 17.8 Å². The fraction of sp³-hybridized carbons (Fsp3) is 0.333. The molecule has 6 heteroatoms. The molecule has 6 nitrogen and oxygen atoms in total. The molecule has 2 amide bonds. The van der Waals surface area contributed by atoms with Crippen LogP contribution in [0.5, 0.6) is 5.75 Å². The summed E-state index contributed by atoms with van der Waals surface area (Å²) >= 11 is 0. The first kappa shape index (κ1) is 22.7. The summed E-state index contributed by atoms with van der Waals surface area (Å²) in [5.74, 6) is -2.31. The summed E-state index contributed by atoms with van der Waals surface area (Å²) in [5, 5.41) is 12.0. The number of phenolic OH excluding ortho intramolecular Hbond substituents is 1. The van der Waals surface area contributed by atoms with Gasteiger partial charge in [0.15, 0.2) is 11.6 Å². The number of likely N-dealkylation sites (tertiary alicyclic amines) is 1. The van der Waals surface area contributed by atoms with Gasteiger partial charge in [0, 0.05) is 34.6 Å². The first-order valence-corrected chi connectivity index (χ1v) is 12.6. The number of carbonyl (C=O) groups is 4. The van der Waals surface area contributed by atoms with Crippen molar-refractivity contribution in [2.45, 2.75) is 39.0 Å². The van der Waals surface area contributed by atoms with Gasteiger partial charge in [-0.1, -0.05) is 48.9 Å². The van der Waals surface area contributed by atoms with Gasteiger partial charge in [-0.2, -0.15) is 0 Å². The molecular weight excluding hydrogens is 454 g/mol. The number of fused-ring (bicyclic) bond motifs is 4. The maximum atomic E-state index is 13.5. The third kappa shape index (κ3) is 3.03. The normalized spacial score (nSPS) is 27.7. The van der Waals surface area contributed by atoms with Crippen LogP contribution in [0.4, 0.5) is 0 Å². The van der Waals surface area contributed by atoms with Crippen molar-refractivity contribution in [3.8, 4) is 5.75 Å². The van der Waals surface area contributed by atoms with Crippen LogP contribution in [-0.4, -0.2) is 39.9 Å². The molecule has 36 heavy (non-hydrogen) atoms. The molecule has 4 aliphatic rings. The molecule has 2 aromatic rings. The molecule has 0 unspecified atom stereocenters. The van der Waals surface area contributed by atoms with E-state index < -0.39 is 17.8 Å². The van der Waals surface area contributed by atoms with E-state index in [-0.39, 0.29) is 41.5 Å². The first-order chi connectivity index (χ1) is 17.3. The summed E-state index contributed by atoms with van der Waals surface area (Å²) in [6.07, 6.45) is 4.86. The van der Waals surface area contributed by atoms with Crippen molar-refractivity contribution < 1.29 is 24.3 Å². The predicted octanol–water partition coefficient (Wildman–Crippen LogP) is 4.38. The molecular formula is C30H27NO5. The average molecular weight is 482 g/mol. The number of aromatic hydroxyl groups is 1. The van der Waals surface area contributed by atoms with Crippen LogP contribution in [0, 0.1) is 17.8 Å². The number of ketones is 2. The number of imide groups is 1. The highest BCUT2D eigenvalue weighted by molar-refractivity contribution is 6.24. The van der Waals surface area contributed by atoms with Gasteiger partial charge in [-0.15, -0.1) is 0 Å². The van der Waals surface area contributed by atoms with Crippen LogP contribution in [0.3, 0.4) is 0 Å². The molecule has 182 valence electrons. The van der Waals surface area contributed by atoms with Crippen LogP contribution in [0.25, 0.3) is 10.8 Å². The lowest BCUT2D eigenvalue weighted by atomic mass is 9.59. The first-order valence-electron chi connectivity index (χ1n) is 12.6. The predicted molar refractivity (Wildman–Crippen MR) is 134 cm³/mol. The third-order valence-electron chi connectivity index (χ3n) is 8.35. The summed E-state index contributed by atoms with van der Waals surface area (Å²) < 4.78 is 0. The Morgan fingerprint density at radius 3 is 2.47 bits per heavy atom. The van der Waals surface area contributed by atoms with Gasteiger partial charge >= 0.3 is 0 Å². The van der Waals surface area contributed by atoms with Gasteiger partial charge in [0.25, 0.3) is 0 Å². The van der Waals surface area contributed by atoms with E-state index in [9.17, 15) is 24.3 Å². The van der Waals surface area contributed by atoms with E-state index in [1.165, 1.54) is 11.0 Å². The Labute approximate surface area is 209 Å². The second-order valence-electron chi connectivity index (χ2n) is 10.3. The van der Waals surface area contributed by atoms with Crippen LogP contribution >= 0.6 is 0 Å². The zero-order chi connectivity index (χ0) is 25.3. The number of hydrogen-bond donors (Lipinski definition) is 1. The maximum absolute atomic E-state index is 13.5. The summed E-state index contributed by atoms with van der Waals surface area (Å²) in [5.41, 5.74) is 3.07. The molecule has 1 heterocycles. The number of nitrogens with zero attached hydrogens (tertiary/aromatic N) is 1. The highest BCUT2D eigenvalue weighted by Gasteiger charge is 2.56. The highest BCUT2D eigenvalue weighted by atomic mass is 16.3. The molecule has 1 fully saturated rings. The van der Waals surface area contributed by atoms with Gasteiger partial charge in [-0.05, 0) is 55.2 Å². The van der Waals surface area contributed by atoms with E-state index in [0.717, 1.165) is 16.5 Å². The molecule has 4 atom stereocenters. The lowest BCUT2D eigenvalue weighted by molar-refractivity contribution is -0.140. The molecule has 1 saturated heterocycles. The zero-order valence-electron chi connectivity index (χ0n) is 20.3. The van der Waals surface area contributed by atoms with Crippen molar-refractivity contribution in [3.05, 3.63) is 76.4 Å². The summed E-state index contributed by atoms with van der Waals surface area (Å²) in [6.45, 7) is 3.99. The minimum absolute atomic E-state index is 0.129. The van der Waals surface area contributed by atoms with Crippen molar-refractivity contribution in [3.63, 3.8) is 0 Å². The smallest absolute Gasteiger partial charge is 0.233 e. The van der Waals surface area contributed by atoms with Gasteiger partial charge in [0.05, 0.1) is 11.8 Å². The Hall–Kier alpha value is -3.80. The van der Waals surface area contributed by atoms with Crippen molar-refractivity contribution >= 4 is 34.2 Å². The van der Waals surface area contributed by atoms with Crippen LogP contribution in [0.2, 0.25) is 0 Å². The fourth-order valence-corrected chi connectivity index (χ4v) is 6.80. The second kappa shape index (κ2) is 8.12. The van der Waals surface area contributed by atoms with Crippen molar-refractivity contribution in [2.75, 3.05) is 6.54 Å². The number of Topliss-reactive ketones (excluding diaryl/α,β-unsaturated/α-hetero) is 1. The van der Waals surface area contributed by atoms with Crippen molar-refractivity contribution in [1.82, 2.24) is 4.90 Å². The average Bonchev–Trinajstić information content (AvgIpc) is 3.12. The monoisotopic (exact) mass is 481 g/mol. The molecule has 0 aromatic heterocycles. The Kier molecular flexibility index (Phi) is 5.11. The van der Waals surface area contributed by atoms with E-state index in [0.29, 0.717) is 41.5 Å². The van der Waals surface area contributed by atoms with Gasteiger partial charge < -0.3 is 5.11 Å². The molecule has 0 bridgehead atoms. The fourth-order valence-electron chi connectivity index (χ4n) is 6.80. The van der Waals surface area contributed by atoms with Crippen molar-refractivity contribution in [1.29, 1.82) is 0 Å². The molecule has 3 aliphatic carbocycles. The lowest BCUT2D eigenvalue weighted by Crippen LogP contribution is -2.39. The summed E-state index contributed by atoms with van der Waals surface area (Å²) in [7, 11) is 0. The molecule has 0 saturated carbocycles. The largest absolute Gasteiger partial charge is 0.507 e. The van der Waals surface area contributed by atoms with Gasteiger partial charge in [0.2, 0.25) is 11.8 Å². The second-order valence-corrected chi connectivity index (χ2v) is 10.3. The van der Waals surface area contributed by atoms with E-state index in [1.54, 1.807) is 13.0 Å². The van der Waals surface area contributed by atoms with Gasteiger partial charge in [-0.25, -0.2) is 0 Å². The topological polar surface area (TPSA) is 91.8 Å². The Bertz CT molecular complexity index is 1480. The highest BCUT2D eigenvalue weighted by Crippen LogP contribution is 2.56. The van der Waals surface area contributed by atoms with Gasteiger partial charge in [0.1, 0.15) is 5.75 Å². The van der Waals surface area contributed by atoms with Gasteiger partial charge in [-0.3, -0.25) is 24.1 Å². The molecule has 0 radical (unpaired) electrons. The van der Waals surface area contributed by atoms with E-state index >= 15 is 0 Å². The lowest BCUT2D eigenvalue weighted by Gasteiger charge is -2.42. The summed E-state index contributed by atoms with van der Waals surface area (Å²) in [4.78, 5) is 54.9. The Morgan fingerprint density at radius 2 is 1.72 bits per heavy atom. The molecule has 1 N–H and O–H groups in total. The van der Waals surface area contributed by atoms with E-state index in [2.05, 4.69) is 0 Å².